The van der Waals surface area contributed by atoms with Crippen molar-refractivity contribution in [1.82, 2.24) is 0 Å². The molecule has 10 heavy (non-hydrogen) atoms. The first-order valence-electron chi connectivity index (χ1n) is 3.23. The Hall–Kier alpha value is -0.300. The zero-order chi connectivity index (χ0) is 6.85. The van der Waals surface area contributed by atoms with E-state index >= 15 is 0 Å². The van der Waals surface area contributed by atoms with E-state index in [1.54, 1.807) is 0 Å². The molecule has 1 heteroatoms. The van der Waals surface area contributed by atoms with E-state index < -0.39 is 0 Å². The number of aryl methyl sites for hydroxylation is 3. The average molecular weight is 201 g/mol. The fourth-order valence-electron chi connectivity index (χ4n) is 1.20. The zero-order valence-electron chi connectivity index (χ0n) is 6.64. The van der Waals surface area contributed by atoms with Crippen molar-refractivity contribution in [3.05, 3.63) is 34.9 Å². The van der Waals surface area contributed by atoms with Gasteiger partial charge in [0, 0.05) is 0 Å². The summed E-state index contributed by atoms with van der Waals surface area (Å²) < 4.78 is 0. The number of halogens is 1. The van der Waals surface area contributed by atoms with Gasteiger partial charge in [0.05, 0.1) is 0 Å². The Labute approximate surface area is 73.0 Å². The fraction of sp³-hybridized carbons (Fsp3) is 0.333. The maximum Gasteiger partial charge on any atom is -0.0398 e. The lowest BCUT2D eigenvalue weighted by molar-refractivity contribution is 1.32. The van der Waals surface area contributed by atoms with Crippen molar-refractivity contribution in [3.8, 4) is 0 Å². The third kappa shape index (κ3) is 2.53. The van der Waals surface area contributed by atoms with Crippen LogP contribution in [0.3, 0.4) is 0 Å². The SMILES string of the molecule is Br.Cc1cc(C)cc(C)c1. The average Bonchev–Trinajstić information content (AvgIpc) is 1.59. The molecule has 0 aromatic heterocycles. The van der Waals surface area contributed by atoms with Gasteiger partial charge in [0.25, 0.3) is 0 Å². The molecule has 56 valence electrons. The van der Waals surface area contributed by atoms with Crippen molar-refractivity contribution in [1.29, 1.82) is 0 Å². The van der Waals surface area contributed by atoms with Crippen LogP contribution < -0.4 is 0 Å². The second-order valence-corrected chi connectivity index (χ2v) is 2.67. The molecule has 0 N–H and O–H groups in total. The maximum atomic E-state index is 2.19. The van der Waals surface area contributed by atoms with Crippen LogP contribution in [0.4, 0.5) is 0 Å². The van der Waals surface area contributed by atoms with Crippen molar-refractivity contribution in [2.45, 2.75) is 20.8 Å². The molecule has 0 atom stereocenters. The number of benzene rings is 1. The van der Waals surface area contributed by atoms with E-state index in [9.17, 15) is 0 Å². The summed E-state index contributed by atoms with van der Waals surface area (Å²) in [7, 11) is 0. The van der Waals surface area contributed by atoms with Crippen LogP contribution in [0.1, 0.15) is 16.7 Å². The second-order valence-electron chi connectivity index (χ2n) is 2.67. The summed E-state index contributed by atoms with van der Waals surface area (Å²) in [5, 5.41) is 0. The lowest BCUT2D eigenvalue weighted by atomic mass is 10.1. The van der Waals surface area contributed by atoms with Gasteiger partial charge in [-0.25, -0.2) is 0 Å². The summed E-state index contributed by atoms with van der Waals surface area (Å²) >= 11 is 0. The Bertz CT molecular complexity index is 165. The quantitative estimate of drug-likeness (QED) is 0.604. The lowest BCUT2D eigenvalue weighted by Gasteiger charge is -1.96. The smallest absolute Gasteiger partial charge is 0.0398 e. The first-order chi connectivity index (χ1) is 4.18. The third-order valence-corrected chi connectivity index (χ3v) is 1.37. The molecule has 1 aromatic carbocycles. The van der Waals surface area contributed by atoms with E-state index in [1.165, 1.54) is 16.7 Å². The molecule has 0 amide bonds. The van der Waals surface area contributed by atoms with Gasteiger partial charge in [-0.3, -0.25) is 0 Å². The molecule has 0 fully saturated rings. The van der Waals surface area contributed by atoms with Crippen LogP contribution >= 0.6 is 17.0 Å². The van der Waals surface area contributed by atoms with Crippen LogP contribution in [-0.4, -0.2) is 0 Å². The van der Waals surface area contributed by atoms with E-state index in [0.717, 1.165) is 0 Å². The molecule has 0 aliphatic heterocycles. The minimum atomic E-state index is 0. The van der Waals surface area contributed by atoms with E-state index in [0.29, 0.717) is 0 Å². The van der Waals surface area contributed by atoms with Crippen molar-refractivity contribution in [2.75, 3.05) is 0 Å². The van der Waals surface area contributed by atoms with Gasteiger partial charge in [-0.15, -0.1) is 17.0 Å². The Morgan fingerprint density at radius 3 is 1.10 bits per heavy atom. The summed E-state index contributed by atoms with van der Waals surface area (Å²) in [6.07, 6.45) is 0. The number of hydrogen-bond acceptors (Lipinski definition) is 0. The highest BCUT2D eigenvalue weighted by atomic mass is 79.9. The van der Waals surface area contributed by atoms with Crippen molar-refractivity contribution >= 4 is 17.0 Å². The van der Waals surface area contributed by atoms with Gasteiger partial charge in [-0.2, -0.15) is 0 Å². The lowest BCUT2D eigenvalue weighted by Crippen LogP contribution is -1.78. The first kappa shape index (κ1) is 9.70. The van der Waals surface area contributed by atoms with Gasteiger partial charge in [-0.1, -0.05) is 34.9 Å². The minimum absolute atomic E-state index is 0. The number of hydrogen-bond donors (Lipinski definition) is 0. The molecule has 0 spiro atoms. The molecule has 0 nitrogen and oxygen atoms in total. The molecule has 0 bridgehead atoms. The maximum absolute atomic E-state index is 2.19. The zero-order valence-corrected chi connectivity index (χ0v) is 8.35. The van der Waals surface area contributed by atoms with Gasteiger partial charge in [0.2, 0.25) is 0 Å². The Balaban J connectivity index is 0.000000810. The summed E-state index contributed by atoms with van der Waals surface area (Å²) in [4.78, 5) is 0. The van der Waals surface area contributed by atoms with Crippen molar-refractivity contribution < 1.29 is 0 Å². The van der Waals surface area contributed by atoms with Gasteiger partial charge in [-0.05, 0) is 20.8 Å². The summed E-state index contributed by atoms with van der Waals surface area (Å²) in [5.74, 6) is 0. The molecule has 0 heterocycles. The van der Waals surface area contributed by atoms with Crippen LogP contribution in [0, 0.1) is 20.8 Å². The number of rotatable bonds is 0. The largest absolute Gasteiger partial charge is 0.114 e. The highest BCUT2D eigenvalue weighted by Gasteiger charge is 1.87. The summed E-state index contributed by atoms with van der Waals surface area (Å²) in [5.41, 5.74) is 4.06. The molecule has 0 unspecified atom stereocenters. The van der Waals surface area contributed by atoms with E-state index in [2.05, 4.69) is 39.0 Å². The third-order valence-electron chi connectivity index (χ3n) is 1.37. The van der Waals surface area contributed by atoms with E-state index in [-0.39, 0.29) is 17.0 Å². The Morgan fingerprint density at radius 1 is 0.700 bits per heavy atom. The van der Waals surface area contributed by atoms with Gasteiger partial charge in [0.1, 0.15) is 0 Å². The predicted octanol–water partition coefficient (Wildman–Crippen LogP) is 3.19. The van der Waals surface area contributed by atoms with E-state index in [1.807, 2.05) is 0 Å². The van der Waals surface area contributed by atoms with Crippen molar-refractivity contribution in [2.24, 2.45) is 0 Å². The van der Waals surface area contributed by atoms with Gasteiger partial charge < -0.3 is 0 Å². The highest BCUT2D eigenvalue weighted by Crippen LogP contribution is 2.06. The molecule has 0 saturated heterocycles. The van der Waals surface area contributed by atoms with Crippen LogP contribution in [0.25, 0.3) is 0 Å². The monoisotopic (exact) mass is 200 g/mol. The van der Waals surface area contributed by atoms with E-state index in [4.69, 9.17) is 0 Å². The topological polar surface area (TPSA) is 0 Å². The molecule has 1 rings (SSSR count). The van der Waals surface area contributed by atoms with Crippen molar-refractivity contribution in [3.63, 3.8) is 0 Å². The molecule has 0 aliphatic rings. The summed E-state index contributed by atoms with van der Waals surface area (Å²) in [6.45, 7) is 6.38. The molecule has 0 aliphatic carbocycles. The van der Waals surface area contributed by atoms with Gasteiger partial charge in [0.15, 0.2) is 0 Å². The molecule has 1 aromatic rings. The molecular formula is C9H13Br. The Kier molecular flexibility index (Phi) is 3.66. The van der Waals surface area contributed by atoms with Crippen LogP contribution in [-0.2, 0) is 0 Å². The Morgan fingerprint density at radius 2 is 0.900 bits per heavy atom. The predicted molar refractivity (Wildman–Crippen MR) is 51.0 cm³/mol. The van der Waals surface area contributed by atoms with Gasteiger partial charge >= 0.3 is 0 Å². The molecule has 0 radical (unpaired) electrons. The fourth-order valence-corrected chi connectivity index (χ4v) is 1.20. The van der Waals surface area contributed by atoms with Crippen LogP contribution in [0.2, 0.25) is 0 Å². The highest BCUT2D eigenvalue weighted by molar-refractivity contribution is 8.93. The molecule has 0 saturated carbocycles. The first-order valence-corrected chi connectivity index (χ1v) is 3.23. The normalized spacial score (nSPS) is 8.70. The second kappa shape index (κ2) is 3.77. The van der Waals surface area contributed by atoms with Crippen LogP contribution in [0.5, 0.6) is 0 Å². The van der Waals surface area contributed by atoms with Crippen LogP contribution in [0.15, 0.2) is 18.2 Å². The summed E-state index contributed by atoms with van der Waals surface area (Å²) in [6, 6.07) is 6.56. The minimum Gasteiger partial charge on any atom is -0.114 e. The molecular weight excluding hydrogens is 188 g/mol. The standard InChI is InChI=1S/C9H12.BrH/c1-7-4-8(2)6-9(3)5-7;/h4-6H,1-3H3;1H.